The average molecular weight is 342 g/mol. The molecular weight excluding hydrogens is 312 g/mol. The molecule has 1 aliphatic heterocycles. The molecule has 0 aromatic heterocycles. The minimum atomic E-state index is -0.443. The molecule has 1 aromatic carbocycles. The highest BCUT2D eigenvalue weighted by atomic mass is 16.6. The first kappa shape index (κ1) is 16.9. The minimum Gasteiger partial charge on any atom is -0.444 e. The van der Waals surface area contributed by atoms with Crippen LogP contribution in [0.2, 0.25) is 0 Å². The zero-order valence-electron chi connectivity index (χ0n) is 15.7. The number of amides is 1. The van der Waals surface area contributed by atoms with Crippen molar-refractivity contribution in [2.75, 3.05) is 0 Å². The second-order valence-corrected chi connectivity index (χ2v) is 9.02. The van der Waals surface area contributed by atoms with Gasteiger partial charge in [0.05, 0.1) is 0 Å². The first-order chi connectivity index (χ1) is 11.9. The molecule has 136 valence electrons. The average Bonchev–Trinajstić information content (AvgIpc) is 3.21. The lowest BCUT2D eigenvalue weighted by atomic mass is 9.95. The maximum Gasteiger partial charge on any atom is 0.410 e. The summed E-state index contributed by atoms with van der Waals surface area (Å²) in [6.07, 6.45) is 5.38. The summed E-state index contributed by atoms with van der Waals surface area (Å²) < 4.78 is 5.50. The van der Waals surface area contributed by atoms with Crippen LogP contribution in [0.1, 0.15) is 63.1 Å². The number of rotatable bonds is 3. The van der Waals surface area contributed by atoms with Crippen molar-refractivity contribution in [1.29, 1.82) is 0 Å². The van der Waals surface area contributed by atoms with Gasteiger partial charge in [0.2, 0.25) is 0 Å². The van der Waals surface area contributed by atoms with Gasteiger partial charge in [-0.15, -0.1) is 0 Å². The molecular formula is C21H30N2O2. The Morgan fingerprint density at radius 2 is 2.04 bits per heavy atom. The van der Waals surface area contributed by atoms with Crippen LogP contribution in [0.3, 0.4) is 0 Å². The van der Waals surface area contributed by atoms with E-state index in [0.717, 1.165) is 18.4 Å². The molecule has 4 nitrogen and oxygen atoms in total. The first-order valence-corrected chi connectivity index (χ1v) is 9.71. The molecule has 4 rings (SSSR count). The molecule has 3 atom stereocenters. The standard InChI is InChI=1S/C21H30N2O2/c1-21(2,3)25-20(24)23-12-16-8-7-14(9-17(16)13-23)11-22-19-6-4-5-15-10-18(15)19/h7-9,15,18-19,22H,4-6,10-13H2,1-3H3. The highest BCUT2D eigenvalue weighted by Crippen LogP contribution is 2.49. The highest BCUT2D eigenvalue weighted by molar-refractivity contribution is 5.69. The number of fused-ring (bicyclic) bond motifs is 2. The van der Waals surface area contributed by atoms with Gasteiger partial charge in [-0.2, -0.15) is 0 Å². The van der Waals surface area contributed by atoms with E-state index in [0.29, 0.717) is 19.1 Å². The van der Waals surface area contributed by atoms with Crippen molar-refractivity contribution in [2.24, 2.45) is 11.8 Å². The summed E-state index contributed by atoms with van der Waals surface area (Å²) in [5.74, 6) is 1.94. The number of nitrogens with one attached hydrogen (secondary N) is 1. The lowest BCUT2D eigenvalue weighted by Crippen LogP contribution is -2.33. The number of hydrogen-bond donors (Lipinski definition) is 1. The molecule has 1 aromatic rings. The van der Waals surface area contributed by atoms with Crippen LogP contribution in [0.15, 0.2) is 18.2 Å². The number of ether oxygens (including phenoxy) is 1. The summed E-state index contributed by atoms with van der Waals surface area (Å²) in [7, 11) is 0. The summed E-state index contributed by atoms with van der Waals surface area (Å²) in [6.45, 7) is 7.98. The van der Waals surface area contributed by atoms with Gasteiger partial charge in [-0.3, -0.25) is 4.90 Å². The highest BCUT2D eigenvalue weighted by Gasteiger charge is 2.44. The van der Waals surface area contributed by atoms with Crippen LogP contribution < -0.4 is 5.32 Å². The van der Waals surface area contributed by atoms with Crippen LogP contribution in [0.25, 0.3) is 0 Å². The van der Waals surface area contributed by atoms with Crippen LogP contribution in [0, 0.1) is 11.8 Å². The lowest BCUT2D eigenvalue weighted by Gasteiger charge is -2.24. The van der Waals surface area contributed by atoms with E-state index in [2.05, 4.69) is 23.5 Å². The van der Waals surface area contributed by atoms with E-state index in [1.165, 1.54) is 42.4 Å². The fraction of sp³-hybridized carbons (Fsp3) is 0.667. The summed E-state index contributed by atoms with van der Waals surface area (Å²) in [5, 5.41) is 3.78. The van der Waals surface area contributed by atoms with Crippen LogP contribution in [0.5, 0.6) is 0 Å². The molecule has 0 spiro atoms. The summed E-state index contributed by atoms with van der Waals surface area (Å²) in [4.78, 5) is 14.1. The van der Waals surface area contributed by atoms with Crippen molar-refractivity contribution < 1.29 is 9.53 Å². The van der Waals surface area contributed by atoms with Gasteiger partial charge in [0, 0.05) is 25.7 Å². The molecule has 2 saturated carbocycles. The summed E-state index contributed by atoms with van der Waals surface area (Å²) >= 11 is 0. The van der Waals surface area contributed by atoms with E-state index in [1.807, 2.05) is 20.8 Å². The Labute approximate surface area is 150 Å². The molecule has 1 N–H and O–H groups in total. The predicted octanol–water partition coefficient (Wildman–Crippen LogP) is 4.22. The molecule has 1 heterocycles. The van der Waals surface area contributed by atoms with E-state index < -0.39 is 5.60 Å². The second-order valence-electron chi connectivity index (χ2n) is 9.02. The first-order valence-electron chi connectivity index (χ1n) is 9.71. The minimum absolute atomic E-state index is 0.217. The molecule has 2 fully saturated rings. The Kier molecular flexibility index (Phi) is 4.27. The Morgan fingerprint density at radius 1 is 1.24 bits per heavy atom. The molecule has 3 aliphatic rings. The van der Waals surface area contributed by atoms with Gasteiger partial charge >= 0.3 is 6.09 Å². The van der Waals surface area contributed by atoms with Crippen molar-refractivity contribution in [3.05, 3.63) is 34.9 Å². The van der Waals surface area contributed by atoms with Crippen molar-refractivity contribution in [1.82, 2.24) is 10.2 Å². The molecule has 0 saturated heterocycles. The van der Waals surface area contributed by atoms with Crippen molar-refractivity contribution in [2.45, 2.75) is 77.7 Å². The van der Waals surface area contributed by atoms with Crippen LogP contribution in [-0.2, 0) is 24.4 Å². The van der Waals surface area contributed by atoms with Crippen molar-refractivity contribution in [3.8, 4) is 0 Å². The lowest BCUT2D eigenvalue weighted by molar-refractivity contribution is 0.0242. The Bertz CT molecular complexity index is 664. The number of carbonyl (C=O) groups excluding carboxylic acids is 1. The third-order valence-electron chi connectivity index (χ3n) is 5.80. The third-order valence-corrected chi connectivity index (χ3v) is 5.80. The monoisotopic (exact) mass is 342 g/mol. The van der Waals surface area contributed by atoms with E-state index in [4.69, 9.17) is 4.74 Å². The van der Waals surface area contributed by atoms with Gasteiger partial charge < -0.3 is 10.1 Å². The molecule has 4 heteroatoms. The van der Waals surface area contributed by atoms with E-state index in [1.54, 1.807) is 4.90 Å². The number of nitrogens with zero attached hydrogens (tertiary/aromatic N) is 1. The quantitative estimate of drug-likeness (QED) is 0.894. The molecule has 2 aliphatic carbocycles. The van der Waals surface area contributed by atoms with Crippen LogP contribution >= 0.6 is 0 Å². The van der Waals surface area contributed by atoms with E-state index in [-0.39, 0.29) is 6.09 Å². The smallest absolute Gasteiger partial charge is 0.410 e. The fourth-order valence-corrected chi connectivity index (χ4v) is 4.43. The molecule has 0 radical (unpaired) electrons. The Balaban J connectivity index is 1.34. The summed E-state index contributed by atoms with van der Waals surface area (Å²) in [6, 6.07) is 7.36. The maximum atomic E-state index is 12.3. The zero-order valence-corrected chi connectivity index (χ0v) is 15.7. The fourth-order valence-electron chi connectivity index (χ4n) is 4.43. The van der Waals surface area contributed by atoms with E-state index >= 15 is 0 Å². The number of carbonyl (C=O) groups is 1. The molecule has 3 unspecified atom stereocenters. The zero-order chi connectivity index (χ0) is 17.6. The van der Waals surface area contributed by atoms with E-state index in [9.17, 15) is 4.79 Å². The normalized spacial score (nSPS) is 27.6. The van der Waals surface area contributed by atoms with Gasteiger partial charge in [-0.25, -0.2) is 4.79 Å². The Hall–Kier alpha value is -1.55. The Morgan fingerprint density at radius 3 is 2.84 bits per heavy atom. The van der Waals surface area contributed by atoms with Gasteiger partial charge in [0.15, 0.2) is 0 Å². The maximum absolute atomic E-state index is 12.3. The van der Waals surface area contributed by atoms with Crippen LogP contribution in [-0.4, -0.2) is 22.6 Å². The topological polar surface area (TPSA) is 41.6 Å². The molecule has 0 bridgehead atoms. The third kappa shape index (κ3) is 3.84. The van der Waals surface area contributed by atoms with Crippen molar-refractivity contribution in [3.63, 3.8) is 0 Å². The van der Waals surface area contributed by atoms with Crippen molar-refractivity contribution >= 4 is 6.09 Å². The predicted molar refractivity (Wildman–Crippen MR) is 98.0 cm³/mol. The van der Waals surface area contributed by atoms with Gasteiger partial charge in [0.1, 0.15) is 5.60 Å². The largest absolute Gasteiger partial charge is 0.444 e. The van der Waals surface area contributed by atoms with Gasteiger partial charge in [0.25, 0.3) is 0 Å². The second kappa shape index (κ2) is 6.31. The molecule has 25 heavy (non-hydrogen) atoms. The summed E-state index contributed by atoms with van der Waals surface area (Å²) in [5.41, 5.74) is 3.39. The van der Waals surface area contributed by atoms with Gasteiger partial charge in [-0.1, -0.05) is 31.0 Å². The molecule has 1 amide bonds. The number of benzene rings is 1. The number of hydrogen-bond acceptors (Lipinski definition) is 3. The SMILES string of the molecule is CC(C)(C)OC(=O)N1Cc2ccc(CNC3CCCC4CC43)cc2C1. The van der Waals surface area contributed by atoms with Gasteiger partial charge in [-0.05, 0) is 62.1 Å². The van der Waals surface area contributed by atoms with Crippen LogP contribution in [0.4, 0.5) is 4.79 Å².